The van der Waals surface area contributed by atoms with Crippen molar-refractivity contribution in [1.82, 2.24) is 9.97 Å². The molecule has 1 atom stereocenters. The molecule has 0 radical (unpaired) electrons. The highest BCUT2D eigenvalue weighted by Crippen LogP contribution is 2.31. The summed E-state index contributed by atoms with van der Waals surface area (Å²) in [6.45, 7) is 7.47. The molecule has 1 aromatic heterocycles. The van der Waals surface area contributed by atoms with Crippen molar-refractivity contribution in [2.45, 2.75) is 33.6 Å². The van der Waals surface area contributed by atoms with E-state index < -0.39 is 0 Å². The molecule has 1 saturated heterocycles. The van der Waals surface area contributed by atoms with Crippen LogP contribution in [0.2, 0.25) is 0 Å². The molecule has 6 heteroatoms. The van der Waals surface area contributed by atoms with Gasteiger partial charge in [-0.1, -0.05) is 29.8 Å². The van der Waals surface area contributed by atoms with E-state index in [1.54, 1.807) is 12.4 Å². The second-order valence-corrected chi connectivity index (χ2v) is 8.19. The zero-order valence-electron chi connectivity index (χ0n) is 18.3. The van der Waals surface area contributed by atoms with Crippen LogP contribution in [0.3, 0.4) is 0 Å². The van der Waals surface area contributed by atoms with Crippen molar-refractivity contribution in [3.8, 4) is 11.6 Å². The van der Waals surface area contributed by atoms with Crippen molar-refractivity contribution in [3.63, 3.8) is 0 Å². The lowest BCUT2D eigenvalue weighted by atomic mass is 9.96. The molecule has 0 aliphatic carbocycles. The maximum Gasteiger partial charge on any atom is 0.263 e. The summed E-state index contributed by atoms with van der Waals surface area (Å²) < 4.78 is 6.02. The second-order valence-electron chi connectivity index (χ2n) is 8.19. The number of carbonyl (C=O) groups is 1. The van der Waals surface area contributed by atoms with Gasteiger partial charge in [-0.3, -0.25) is 4.79 Å². The third-order valence-electron chi connectivity index (χ3n) is 5.62. The quantitative estimate of drug-likeness (QED) is 0.630. The third-order valence-corrected chi connectivity index (χ3v) is 5.62. The third kappa shape index (κ3) is 5.02. The van der Waals surface area contributed by atoms with E-state index in [4.69, 9.17) is 4.74 Å². The van der Waals surface area contributed by atoms with E-state index >= 15 is 0 Å². The van der Waals surface area contributed by atoms with E-state index in [1.165, 1.54) is 5.56 Å². The largest absolute Gasteiger partial charge is 0.436 e. The molecule has 0 bridgehead atoms. The van der Waals surface area contributed by atoms with Crippen LogP contribution in [0, 0.1) is 26.7 Å². The second kappa shape index (κ2) is 9.16. The van der Waals surface area contributed by atoms with Crippen molar-refractivity contribution in [1.29, 1.82) is 0 Å². The number of benzene rings is 2. The number of piperidine rings is 1. The van der Waals surface area contributed by atoms with Crippen LogP contribution in [-0.2, 0) is 4.79 Å². The minimum Gasteiger partial charge on any atom is -0.436 e. The molecular formula is C25H28N4O2. The van der Waals surface area contributed by atoms with Crippen LogP contribution in [-0.4, -0.2) is 29.0 Å². The molecule has 31 heavy (non-hydrogen) atoms. The van der Waals surface area contributed by atoms with Gasteiger partial charge in [-0.05, 0) is 62.9 Å². The first-order valence-corrected chi connectivity index (χ1v) is 10.7. The minimum absolute atomic E-state index is 0.0447. The average molecular weight is 417 g/mol. The maximum atomic E-state index is 13.0. The summed E-state index contributed by atoms with van der Waals surface area (Å²) >= 11 is 0. The summed E-state index contributed by atoms with van der Waals surface area (Å²) in [6.07, 6.45) is 5.05. The summed E-state index contributed by atoms with van der Waals surface area (Å²) in [7, 11) is 0. The minimum atomic E-state index is -0.122. The zero-order chi connectivity index (χ0) is 21.8. The summed E-state index contributed by atoms with van der Waals surface area (Å²) in [6, 6.07) is 13.9. The summed E-state index contributed by atoms with van der Waals surface area (Å²) in [4.78, 5) is 24.0. The van der Waals surface area contributed by atoms with Crippen LogP contribution in [0.15, 0.2) is 54.9 Å². The van der Waals surface area contributed by atoms with Gasteiger partial charge in [0.05, 0.1) is 5.92 Å². The van der Waals surface area contributed by atoms with E-state index in [1.807, 2.05) is 57.2 Å². The molecule has 1 amide bonds. The molecule has 3 aromatic rings. The van der Waals surface area contributed by atoms with E-state index in [0.717, 1.165) is 36.2 Å². The molecule has 1 fully saturated rings. The molecule has 1 N–H and O–H groups in total. The highest BCUT2D eigenvalue weighted by molar-refractivity contribution is 5.93. The van der Waals surface area contributed by atoms with E-state index in [2.05, 4.69) is 26.3 Å². The van der Waals surface area contributed by atoms with Gasteiger partial charge in [0, 0.05) is 31.2 Å². The first kappa shape index (κ1) is 20.8. The summed E-state index contributed by atoms with van der Waals surface area (Å²) in [5.41, 5.74) is 4.24. The van der Waals surface area contributed by atoms with Crippen molar-refractivity contribution in [3.05, 3.63) is 71.5 Å². The number of nitrogens with one attached hydrogen (secondary N) is 1. The van der Waals surface area contributed by atoms with Gasteiger partial charge in [0.1, 0.15) is 5.75 Å². The number of carbonyl (C=O) groups excluding carboxylic acids is 1. The number of aryl methyl sites for hydroxylation is 3. The zero-order valence-corrected chi connectivity index (χ0v) is 18.3. The van der Waals surface area contributed by atoms with Gasteiger partial charge >= 0.3 is 0 Å². The van der Waals surface area contributed by atoms with E-state index in [-0.39, 0.29) is 11.8 Å². The number of hydrogen-bond donors (Lipinski definition) is 1. The van der Waals surface area contributed by atoms with Gasteiger partial charge < -0.3 is 15.0 Å². The fourth-order valence-corrected chi connectivity index (χ4v) is 3.81. The first-order chi connectivity index (χ1) is 15.0. The average Bonchev–Trinajstić information content (AvgIpc) is 2.78. The Balaban J connectivity index is 1.49. The van der Waals surface area contributed by atoms with Crippen LogP contribution in [0.4, 0.5) is 11.5 Å². The lowest BCUT2D eigenvalue weighted by molar-refractivity contribution is -0.120. The van der Waals surface area contributed by atoms with Crippen LogP contribution >= 0.6 is 0 Å². The van der Waals surface area contributed by atoms with Gasteiger partial charge in [-0.2, -0.15) is 0 Å². The van der Waals surface area contributed by atoms with E-state index in [9.17, 15) is 4.79 Å². The van der Waals surface area contributed by atoms with Crippen LogP contribution in [0.1, 0.15) is 29.5 Å². The lowest BCUT2D eigenvalue weighted by Gasteiger charge is -2.33. The van der Waals surface area contributed by atoms with Crippen molar-refractivity contribution in [2.75, 3.05) is 23.3 Å². The fraction of sp³-hybridized carbons (Fsp3) is 0.320. The summed E-state index contributed by atoms with van der Waals surface area (Å²) in [5, 5.41) is 3.12. The topological polar surface area (TPSA) is 67.4 Å². The Labute approximate surface area is 183 Å². The first-order valence-electron chi connectivity index (χ1n) is 10.7. The Hall–Kier alpha value is -3.41. The Kier molecular flexibility index (Phi) is 6.16. The molecule has 2 heterocycles. The molecule has 160 valence electrons. The monoisotopic (exact) mass is 416 g/mol. The molecule has 1 aliphatic heterocycles. The van der Waals surface area contributed by atoms with Gasteiger partial charge in [0.25, 0.3) is 5.88 Å². The highest BCUT2D eigenvalue weighted by atomic mass is 16.5. The molecule has 6 nitrogen and oxygen atoms in total. The van der Waals surface area contributed by atoms with E-state index in [0.29, 0.717) is 24.0 Å². The molecular weight excluding hydrogens is 388 g/mol. The maximum absolute atomic E-state index is 13.0. The molecule has 1 aliphatic rings. The van der Waals surface area contributed by atoms with Gasteiger partial charge in [0.15, 0.2) is 5.82 Å². The number of rotatable bonds is 5. The van der Waals surface area contributed by atoms with Gasteiger partial charge in [-0.15, -0.1) is 0 Å². The van der Waals surface area contributed by atoms with Gasteiger partial charge in [0.2, 0.25) is 5.91 Å². The van der Waals surface area contributed by atoms with Crippen molar-refractivity contribution in [2.24, 2.45) is 5.92 Å². The molecule has 4 rings (SSSR count). The number of hydrogen-bond acceptors (Lipinski definition) is 5. The van der Waals surface area contributed by atoms with Crippen molar-refractivity contribution < 1.29 is 9.53 Å². The predicted molar refractivity (Wildman–Crippen MR) is 123 cm³/mol. The van der Waals surface area contributed by atoms with Crippen LogP contribution in [0.25, 0.3) is 0 Å². The molecule has 0 unspecified atom stereocenters. The highest BCUT2D eigenvalue weighted by Gasteiger charge is 2.29. The molecule has 2 aromatic carbocycles. The smallest absolute Gasteiger partial charge is 0.263 e. The number of aromatic nitrogens is 2. The SMILES string of the molecule is Cc1ccc(Oc2nccnc2N2CCC[C@H](C(=O)Nc3cc(C)ccc3C)C2)cc1. The normalized spacial score (nSPS) is 16.1. The number of anilines is 2. The van der Waals surface area contributed by atoms with Crippen molar-refractivity contribution >= 4 is 17.4 Å². The fourth-order valence-electron chi connectivity index (χ4n) is 3.81. The Morgan fingerprint density at radius 2 is 1.77 bits per heavy atom. The Morgan fingerprint density at radius 1 is 1.03 bits per heavy atom. The molecule has 0 saturated carbocycles. The van der Waals surface area contributed by atoms with Crippen LogP contribution < -0.4 is 15.0 Å². The summed E-state index contributed by atoms with van der Waals surface area (Å²) in [5.74, 6) is 1.77. The predicted octanol–water partition coefficient (Wildman–Crippen LogP) is 5.05. The number of nitrogens with zero attached hydrogens (tertiary/aromatic N) is 3. The number of ether oxygens (including phenoxy) is 1. The lowest BCUT2D eigenvalue weighted by Crippen LogP contribution is -2.41. The number of amides is 1. The Bertz CT molecular complexity index is 1070. The Morgan fingerprint density at radius 3 is 2.58 bits per heavy atom. The van der Waals surface area contributed by atoms with Gasteiger partial charge in [-0.25, -0.2) is 9.97 Å². The standard InChI is InChI=1S/C25H28N4O2/c1-17-7-10-21(11-8-17)31-25-23(26-12-13-27-25)29-14-4-5-20(16-29)24(30)28-22-15-18(2)6-9-19(22)3/h6-13,15,20H,4-5,14,16H2,1-3H3,(H,28,30)/t20-/m0/s1. The molecule has 0 spiro atoms. The van der Waals surface area contributed by atoms with Crippen LogP contribution in [0.5, 0.6) is 11.6 Å².